The fourth-order valence-corrected chi connectivity index (χ4v) is 3.88. The topological polar surface area (TPSA) is 71.1 Å². The second-order valence-electron chi connectivity index (χ2n) is 7.66. The van der Waals surface area contributed by atoms with Crippen molar-refractivity contribution >= 4 is 34.8 Å². The number of ether oxygens (including phenoxy) is 2. The summed E-state index contributed by atoms with van der Waals surface area (Å²) in [5.41, 5.74) is 1.78. The van der Waals surface area contributed by atoms with Crippen LogP contribution in [0, 0.1) is 5.92 Å². The zero-order valence-electron chi connectivity index (χ0n) is 18.3. The summed E-state index contributed by atoms with van der Waals surface area (Å²) < 4.78 is 10.5. The van der Waals surface area contributed by atoms with E-state index in [1.165, 1.54) is 14.2 Å². The lowest BCUT2D eigenvalue weighted by molar-refractivity contribution is -0.134. The van der Waals surface area contributed by atoms with Gasteiger partial charge in [0, 0.05) is 43.7 Å². The van der Waals surface area contributed by atoms with E-state index in [-0.39, 0.29) is 17.7 Å². The van der Waals surface area contributed by atoms with Gasteiger partial charge in [0.05, 0.1) is 30.6 Å². The van der Waals surface area contributed by atoms with E-state index in [2.05, 4.69) is 10.2 Å². The summed E-state index contributed by atoms with van der Waals surface area (Å²) in [7, 11) is 3.07. The van der Waals surface area contributed by atoms with Crippen LogP contribution in [-0.4, -0.2) is 57.1 Å². The molecule has 1 aliphatic rings. The maximum absolute atomic E-state index is 13.0. The number of nitrogens with one attached hydrogen (secondary N) is 1. The summed E-state index contributed by atoms with van der Waals surface area (Å²) in [5, 5.41) is 3.51. The fourth-order valence-electron chi connectivity index (χ4n) is 3.59. The number of hydrogen-bond acceptors (Lipinski definition) is 5. The third-order valence-corrected chi connectivity index (χ3v) is 5.56. The molecule has 8 heteroatoms. The molecule has 0 atom stereocenters. The van der Waals surface area contributed by atoms with Gasteiger partial charge in [-0.05, 0) is 24.3 Å². The average molecular weight is 446 g/mol. The number of piperazine rings is 1. The molecule has 0 radical (unpaired) electrons. The van der Waals surface area contributed by atoms with Gasteiger partial charge in [0.1, 0.15) is 11.5 Å². The lowest BCUT2D eigenvalue weighted by atomic mass is 10.1. The number of benzene rings is 2. The van der Waals surface area contributed by atoms with Crippen molar-refractivity contribution in [2.24, 2.45) is 5.92 Å². The number of carbonyl (C=O) groups excluding carboxylic acids is 2. The van der Waals surface area contributed by atoms with Crippen molar-refractivity contribution < 1.29 is 19.1 Å². The van der Waals surface area contributed by atoms with Crippen molar-refractivity contribution in [3.63, 3.8) is 0 Å². The number of hydrogen-bond donors (Lipinski definition) is 1. The Morgan fingerprint density at radius 1 is 1.00 bits per heavy atom. The first-order chi connectivity index (χ1) is 14.8. The van der Waals surface area contributed by atoms with Crippen LogP contribution in [-0.2, 0) is 4.79 Å². The van der Waals surface area contributed by atoms with Crippen molar-refractivity contribution in [2.75, 3.05) is 50.6 Å². The van der Waals surface area contributed by atoms with Gasteiger partial charge in [0.25, 0.3) is 5.91 Å². The highest BCUT2D eigenvalue weighted by atomic mass is 35.5. The Hall–Kier alpha value is -2.93. The Bertz CT molecular complexity index is 934. The van der Waals surface area contributed by atoms with E-state index >= 15 is 0 Å². The highest BCUT2D eigenvalue weighted by molar-refractivity contribution is 6.34. The first kappa shape index (κ1) is 22.7. The van der Waals surface area contributed by atoms with Gasteiger partial charge in [-0.1, -0.05) is 31.5 Å². The van der Waals surface area contributed by atoms with Gasteiger partial charge >= 0.3 is 0 Å². The van der Waals surface area contributed by atoms with E-state index in [1.54, 1.807) is 30.3 Å². The highest BCUT2D eigenvalue weighted by Gasteiger charge is 2.26. The molecule has 7 nitrogen and oxygen atoms in total. The summed E-state index contributed by atoms with van der Waals surface area (Å²) >= 11 is 6.52. The molecule has 0 bridgehead atoms. The number of para-hydroxylation sites is 1. The Labute approximate surface area is 187 Å². The quantitative estimate of drug-likeness (QED) is 0.729. The molecule has 0 aliphatic carbocycles. The van der Waals surface area contributed by atoms with Crippen LogP contribution in [0.4, 0.5) is 11.4 Å². The summed E-state index contributed by atoms with van der Waals surface area (Å²) in [5.74, 6) is 0.888. The minimum absolute atomic E-state index is 0.0263. The second kappa shape index (κ2) is 9.92. The van der Waals surface area contributed by atoms with Gasteiger partial charge in [0.15, 0.2) is 0 Å². The lowest BCUT2D eigenvalue weighted by Gasteiger charge is -2.38. The molecule has 0 unspecified atom stereocenters. The fraction of sp³-hybridized carbons (Fsp3) is 0.391. The molecule has 1 N–H and O–H groups in total. The number of rotatable bonds is 6. The molecular weight excluding hydrogens is 418 g/mol. The molecular formula is C23H28ClN3O4. The number of amides is 2. The number of anilines is 2. The van der Waals surface area contributed by atoms with Gasteiger partial charge in [0.2, 0.25) is 5.91 Å². The molecule has 0 spiro atoms. The van der Waals surface area contributed by atoms with Crippen LogP contribution in [0.25, 0.3) is 0 Å². The minimum atomic E-state index is -0.297. The average Bonchev–Trinajstić information content (AvgIpc) is 2.78. The predicted octanol–water partition coefficient (Wildman–Crippen LogP) is 3.91. The number of carbonyl (C=O) groups is 2. The Morgan fingerprint density at radius 2 is 1.61 bits per heavy atom. The molecule has 0 aromatic heterocycles. The number of halogens is 1. The molecule has 3 rings (SSSR count). The molecule has 0 saturated carbocycles. The molecule has 1 fully saturated rings. The number of methoxy groups -OCH3 is 2. The van der Waals surface area contributed by atoms with Crippen LogP contribution in [0.5, 0.6) is 11.5 Å². The third kappa shape index (κ3) is 5.22. The van der Waals surface area contributed by atoms with E-state index in [0.717, 1.165) is 5.69 Å². The zero-order valence-corrected chi connectivity index (χ0v) is 19.0. The van der Waals surface area contributed by atoms with Crippen LogP contribution in [0.2, 0.25) is 5.02 Å². The standard InChI is InChI=1S/C23H28ClN3O4/c1-15(2)23(29)27-10-8-26(9-11-27)21-19(24)6-5-7-20(21)25-22(28)16-12-17(30-3)14-18(13-16)31-4/h5-7,12-15H,8-11H2,1-4H3,(H,25,28). The Kier molecular flexibility index (Phi) is 7.28. The Morgan fingerprint density at radius 3 is 2.16 bits per heavy atom. The molecule has 1 saturated heterocycles. The summed E-state index contributed by atoms with van der Waals surface area (Å²) in [4.78, 5) is 29.2. The summed E-state index contributed by atoms with van der Waals surface area (Å²) in [6.07, 6.45) is 0. The maximum atomic E-state index is 13.0. The zero-order chi connectivity index (χ0) is 22.5. The lowest BCUT2D eigenvalue weighted by Crippen LogP contribution is -2.50. The normalized spacial score (nSPS) is 13.9. The molecule has 2 aromatic carbocycles. The summed E-state index contributed by atoms with van der Waals surface area (Å²) in [6.45, 7) is 6.31. The van der Waals surface area contributed by atoms with Gasteiger partial charge in [-0.3, -0.25) is 9.59 Å². The third-order valence-electron chi connectivity index (χ3n) is 5.25. The molecule has 1 aliphatic heterocycles. The van der Waals surface area contributed by atoms with Gasteiger partial charge < -0.3 is 24.6 Å². The van der Waals surface area contributed by atoms with Crippen LogP contribution >= 0.6 is 11.6 Å². The smallest absolute Gasteiger partial charge is 0.255 e. The monoisotopic (exact) mass is 445 g/mol. The van der Waals surface area contributed by atoms with E-state index in [9.17, 15) is 9.59 Å². The molecule has 2 amide bonds. The molecule has 2 aromatic rings. The second-order valence-corrected chi connectivity index (χ2v) is 8.07. The van der Waals surface area contributed by atoms with Crippen molar-refractivity contribution in [3.05, 3.63) is 47.0 Å². The minimum Gasteiger partial charge on any atom is -0.497 e. The predicted molar refractivity (Wildman–Crippen MR) is 123 cm³/mol. The first-order valence-electron chi connectivity index (χ1n) is 10.2. The Balaban J connectivity index is 1.81. The molecule has 1 heterocycles. The van der Waals surface area contributed by atoms with Gasteiger partial charge in [-0.2, -0.15) is 0 Å². The van der Waals surface area contributed by atoms with E-state index in [1.807, 2.05) is 24.8 Å². The van der Waals surface area contributed by atoms with Crippen LogP contribution < -0.4 is 19.7 Å². The SMILES string of the molecule is COc1cc(OC)cc(C(=O)Nc2cccc(Cl)c2N2CCN(C(=O)C(C)C)CC2)c1. The van der Waals surface area contributed by atoms with Crippen LogP contribution in [0.15, 0.2) is 36.4 Å². The van der Waals surface area contributed by atoms with E-state index in [4.69, 9.17) is 21.1 Å². The highest BCUT2D eigenvalue weighted by Crippen LogP contribution is 2.35. The van der Waals surface area contributed by atoms with Gasteiger partial charge in [-0.15, -0.1) is 0 Å². The van der Waals surface area contributed by atoms with Crippen LogP contribution in [0.1, 0.15) is 24.2 Å². The van der Waals surface area contributed by atoms with E-state index < -0.39 is 0 Å². The number of nitrogens with zero attached hydrogens (tertiary/aromatic N) is 2. The van der Waals surface area contributed by atoms with Crippen molar-refractivity contribution in [3.8, 4) is 11.5 Å². The maximum Gasteiger partial charge on any atom is 0.255 e. The largest absolute Gasteiger partial charge is 0.497 e. The van der Waals surface area contributed by atoms with Crippen molar-refractivity contribution in [1.82, 2.24) is 4.90 Å². The first-order valence-corrected chi connectivity index (χ1v) is 10.6. The van der Waals surface area contributed by atoms with Crippen LogP contribution in [0.3, 0.4) is 0 Å². The molecule has 166 valence electrons. The van der Waals surface area contributed by atoms with Gasteiger partial charge in [-0.25, -0.2) is 0 Å². The van der Waals surface area contributed by atoms with Crippen molar-refractivity contribution in [2.45, 2.75) is 13.8 Å². The summed E-state index contributed by atoms with van der Waals surface area (Å²) in [6, 6.07) is 10.4. The van der Waals surface area contributed by atoms with E-state index in [0.29, 0.717) is 54.0 Å². The molecule has 31 heavy (non-hydrogen) atoms. The van der Waals surface area contributed by atoms with Crippen molar-refractivity contribution in [1.29, 1.82) is 0 Å².